The number of aromatic nitrogens is 1. The average Bonchev–Trinajstić information content (AvgIpc) is 3.70. The summed E-state index contributed by atoms with van der Waals surface area (Å²) in [5, 5.41) is 2.56. The molecule has 0 radical (unpaired) electrons. The smallest absolute Gasteiger partial charge is 0.255 e. The maximum atomic E-state index is 14.4. The lowest BCUT2D eigenvalue weighted by Crippen LogP contribution is -2.47. The predicted molar refractivity (Wildman–Crippen MR) is 155 cm³/mol. The molecular weight excluding hydrogens is 506 g/mol. The van der Waals surface area contributed by atoms with Crippen LogP contribution >= 0.6 is 11.6 Å². The molecule has 1 aliphatic carbocycles. The monoisotopic (exact) mass is 531 g/mol. The molecule has 0 spiro atoms. The third-order valence-electron chi connectivity index (χ3n) is 7.75. The van der Waals surface area contributed by atoms with Gasteiger partial charge in [-0.3, -0.25) is 14.5 Å². The van der Waals surface area contributed by atoms with E-state index in [4.69, 9.17) is 11.6 Å². The van der Waals surface area contributed by atoms with Gasteiger partial charge in [-0.2, -0.15) is 0 Å². The molecule has 1 unspecified atom stereocenters. The number of anilines is 1. The van der Waals surface area contributed by atoms with Crippen molar-refractivity contribution >= 4 is 39.9 Å². The van der Waals surface area contributed by atoms with Crippen molar-refractivity contribution in [3.63, 3.8) is 0 Å². The van der Waals surface area contributed by atoms with E-state index in [-0.39, 0.29) is 30.4 Å². The van der Waals surface area contributed by atoms with Crippen LogP contribution in [0.2, 0.25) is 5.02 Å². The Kier molecular flexibility index (Phi) is 5.75. The molecule has 1 atom stereocenters. The predicted octanol–water partition coefficient (Wildman–Crippen LogP) is 7.02. The third-order valence-corrected chi connectivity index (χ3v) is 8.00. The Morgan fingerprint density at radius 1 is 0.795 bits per heavy atom. The first kappa shape index (κ1) is 23.7. The lowest BCUT2D eigenvalue weighted by molar-refractivity contribution is -0.119. The molecule has 0 bridgehead atoms. The normalized spacial score (nSPS) is 16.0. The zero-order valence-electron chi connectivity index (χ0n) is 21.2. The van der Waals surface area contributed by atoms with Crippen LogP contribution in [-0.4, -0.2) is 33.9 Å². The van der Waals surface area contributed by atoms with Gasteiger partial charge in [0.1, 0.15) is 12.6 Å². The summed E-state index contributed by atoms with van der Waals surface area (Å²) < 4.78 is 2.14. The van der Waals surface area contributed by atoms with Crippen molar-refractivity contribution in [1.29, 1.82) is 0 Å². The van der Waals surface area contributed by atoms with E-state index >= 15 is 0 Å². The van der Waals surface area contributed by atoms with E-state index in [0.717, 1.165) is 46.2 Å². The molecule has 6 heteroatoms. The maximum Gasteiger partial charge on any atom is 0.255 e. The first-order chi connectivity index (χ1) is 19.1. The van der Waals surface area contributed by atoms with E-state index in [2.05, 4.69) is 10.6 Å². The van der Waals surface area contributed by atoms with Gasteiger partial charge in [0.25, 0.3) is 5.91 Å². The number of fused-ring (bicyclic) bond motifs is 4. The van der Waals surface area contributed by atoms with Crippen molar-refractivity contribution in [3.8, 4) is 5.69 Å². The van der Waals surface area contributed by atoms with Gasteiger partial charge in [-0.15, -0.1) is 0 Å². The van der Waals surface area contributed by atoms with Crippen LogP contribution in [0.3, 0.4) is 0 Å². The second-order valence-corrected chi connectivity index (χ2v) is 10.6. The molecule has 1 fully saturated rings. The topological polar surface area (TPSA) is 45.6 Å². The fraction of sp³-hybridized carbons (Fsp3) is 0.152. The highest BCUT2D eigenvalue weighted by molar-refractivity contribution is 6.30. The molecule has 1 aromatic heterocycles. The molecule has 0 N–H and O–H groups in total. The number of nitrogens with zero attached hydrogens (tertiary/aromatic N) is 3. The van der Waals surface area contributed by atoms with Gasteiger partial charge in [0.15, 0.2) is 0 Å². The van der Waals surface area contributed by atoms with Gasteiger partial charge >= 0.3 is 0 Å². The maximum absolute atomic E-state index is 14.4. The Balaban J connectivity index is 1.30. The number of carbonyl (C=O) groups excluding carboxylic acids is 2. The van der Waals surface area contributed by atoms with Crippen molar-refractivity contribution in [2.75, 3.05) is 11.4 Å². The SMILES string of the molecule is O=C(c1cccc2ccccc12)N(CC(=O)N1c2ccccc2-n2cccc2C1c1ccc(Cl)cc1)C1CC1. The van der Waals surface area contributed by atoms with Crippen LogP contribution in [0.4, 0.5) is 5.69 Å². The first-order valence-electron chi connectivity index (χ1n) is 13.2. The summed E-state index contributed by atoms with van der Waals surface area (Å²) in [4.78, 5) is 32.0. The van der Waals surface area contributed by atoms with Crippen molar-refractivity contribution in [2.45, 2.75) is 24.9 Å². The number of benzene rings is 4. The standard InChI is InChI=1S/C33H26ClN3O2/c34-24-16-14-23(15-17-24)32-30-13-6-20-35(30)28-11-3-4-12-29(28)37(32)31(38)21-36(25-18-19-25)33(39)27-10-5-8-22-7-1-2-9-26(22)27/h1-17,20,25,32H,18-19,21H2. The summed E-state index contributed by atoms with van der Waals surface area (Å²) in [5.41, 5.74) is 4.34. The molecule has 4 aromatic carbocycles. The zero-order chi connectivity index (χ0) is 26.5. The van der Waals surface area contributed by atoms with Crippen LogP contribution in [0.15, 0.2) is 109 Å². The molecule has 39 heavy (non-hydrogen) atoms. The highest BCUT2D eigenvalue weighted by Crippen LogP contribution is 2.43. The molecule has 1 aliphatic heterocycles. The Morgan fingerprint density at radius 3 is 2.31 bits per heavy atom. The molecule has 7 rings (SSSR count). The summed E-state index contributed by atoms with van der Waals surface area (Å²) >= 11 is 6.22. The number of hydrogen-bond acceptors (Lipinski definition) is 2. The highest BCUT2D eigenvalue weighted by atomic mass is 35.5. The molecule has 192 valence electrons. The van der Waals surface area contributed by atoms with Crippen molar-refractivity contribution in [2.24, 2.45) is 0 Å². The van der Waals surface area contributed by atoms with Crippen LogP contribution in [0.1, 0.15) is 40.5 Å². The molecular formula is C33H26ClN3O2. The van der Waals surface area contributed by atoms with Gasteiger partial charge in [0, 0.05) is 22.8 Å². The number of amides is 2. The molecule has 2 aliphatic rings. The van der Waals surface area contributed by atoms with Crippen molar-refractivity contribution in [1.82, 2.24) is 9.47 Å². The minimum Gasteiger partial charge on any atom is -0.326 e. The molecule has 2 heterocycles. The summed E-state index contributed by atoms with van der Waals surface area (Å²) in [7, 11) is 0. The fourth-order valence-corrected chi connectivity index (χ4v) is 5.89. The second-order valence-electron chi connectivity index (χ2n) is 10.2. The van der Waals surface area contributed by atoms with E-state index < -0.39 is 0 Å². The number of para-hydroxylation sites is 2. The Labute approximate surface area is 231 Å². The van der Waals surface area contributed by atoms with Gasteiger partial charge < -0.3 is 9.47 Å². The third kappa shape index (κ3) is 4.10. The van der Waals surface area contributed by atoms with E-state index in [0.29, 0.717) is 10.6 Å². The Morgan fingerprint density at radius 2 is 1.51 bits per heavy atom. The zero-order valence-corrected chi connectivity index (χ0v) is 22.0. The number of hydrogen-bond donors (Lipinski definition) is 0. The molecule has 0 saturated heterocycles. The number of rotatable bonds is 5. The molecule has 5 nitrogen and oxygen atoms in total. The second kappa shape index (κ2) is 9.44. The first-order valence-corrected chi connectivity index (χ1v) is 13.6. The Hall–Kier alpha value is -4.35. The van der Waals surface area contributed by atoms with Crippen LogP contribution in [0.25, 0.3) is 16.5 Å². The minimum absolute atomic E-state index is 0.00581. The summed E-state index contributed by atoms with van der Waals surface area (Å²) in [6.07, 6.45) is 3.84. The van der Waals surface area contributed by atoms with Crippen LogP contribution in [0, 0.1) is 0 Å². The van der Waals surface area contributed by atoms with E-state index in [1.165, 1.54) is 0 Å². The van der Waals surface area contributed by atoms with Crippen LogP contribution < -0.4 is 4.90 Å². The van der Waals surface area contributed by atoms with Crippen molar-refractivity contribution in [3.05, 3.63) is 131 Å². The van der Waals surface area contributed by atoms with E-state index in [9.17, 15) is 9.59 Å². The van der Waals surface area contributed by atoms with Gasteiger partial charge in [0.2, 0.25) is 5.91 Å². The van der Waals surface area contributed by atoms with Crippen LogP contribution in [-0.2, 0) is 4.79 Å². The Bertz CT molecular complexity index is 1720. The van der Waals surface area contributed by atoms with Gasteiger partial charge in [-0.05, 0) is 71.6 Å². The number of halogens is 1. The molecule has 2 amide bonds. The van der Waals surface area contributed by atoms with Gasteiger partial charge in [0.05, 0.1) is 17.1 Å². The van der Waals surface area contributed by atoms with Crippen molar-refractivity contribution < 1.29 is 9.59 Å². The lowest BCUT2D eigenvalue weighted by atomic mass is 9.97. The largest absolute Gasteiger partial charge is 0.326 e. The summed E-state index contributed by atoms with van der Waals surface area (Å²) in [5.74, 6) is -0.213. The summed E-state index contributed by atoms with van der Waals surface area (Å²) in [6.45, 7) is 0.00581. The molecule has 1 saturated carbocycles. The van der Waals surface area contributed by atoms with E-state index in [1.807, 2.05) is 108 Å². The van der Waals surface area contributed by atoms with Crippen LogP contribution in [0.5, 0.6) is 0 Å². The van der Waals surface area contributed by atoms with Gasteiger partial charge in [-0.1, -0.05) is 72.3 Å². The number of carbonyl (C=O) groups is 2. The molecule has 5 aromatic rings. The average molecular weight is 532 g/mol. The summed E-state index contributed by atoms with van der Waals surface area (Å²) in [6, 6.07) is 33.0. The quantitative estimate of drug-likeness (QED) is 0.244. The lowest BCUT2D eigenvalue weighted by Gasteiger charge is -2.39. The fourth-order valence-electron chi connectivity index (χ4n) is 5.76. The van der Waals surface area contributed by atoms with Gasteiger partial charge in [-0.25, -0.2) is 0 Å². The van der Waals surface area contributed by atoms with E-state index in [1.54, 1.807) is 4.90 Å². The minimum atomic E-state index is -0.353. The highest BCUT2D eigenvalue weighted by Gasteiger charge is 2.40.